The summed E-state index contributed by atoms with van der Waals surface area (Å²) in [6.07, 6.45) is 0. The van der Waals surface area contributed by atoms with Crippen LogP contribution in [0, 0.1) is 5.82 Å². The summed E-state index contributed by atoms with van der Waals surface area (Å²) in [7, 11) is 1.56. The monoisotopic (exact) mass is 305 g/mol. The third-order valence-electron chi connectivity index (χ3n) is 3.22. The smallest absolute Gasteiger partial charge is 0.132 e. The number of halogens is 1. The number of methoxy groups -OCH3 is 1. The Labute approximate surface area is 129 Å². The Kier molecular flexibility index (Phi) is 5.51. The summed E-state index contributed by atoms with van der Waals surface area (Å²) < 4.78 is 19.4. The van der Waals surface area contributed by atoms with Crippen LogP contribution in [-0.4, -0.2) is 12.9 Å². The molecule has 2 rings (SSSR count). The predicted octanol–water partition coefficient (Wildman–Crippen LogP) is 5.12. The first-order valence-corrected chi connectivity index (χ1v) is 7.96. The van der Waals surface area contributed by atoms with E-state index in [4.69, 9.17) is 4.74 Å². The molecule has 112 valence electrons. The highest BCUT2D eigenvalue weighted by atomic mass is 32.2. The quantitative estimate of drug-likeness (QED) is 0.748. The molecule has 0 aliphatic heterocycles. The second kappa shape index (κ2) is 7.36. The molecule has 0 saturated carbocycles. The summed E-state index contributed by atoms with van der Waals surface area (Å²) in [5.74, 6) is 1.31. The number of hydrogen-bond donors (Lipinski definition) is 1. The normalized spacial score (nSPS) is 12.0. The SMILES string of the molecule is CCSc1ccccc1NC(C)c1c(F)cccc1OC. The van der Waals surface area contributed by atoms with Crippen LogP contribution in [0.25, 0.3) is 0 Å². The first kappa shape index (κ1) is 15.7. The summed E-state index contributed by atoms with van der Waals surface area (Å²) in [6.45, 7) is 4.05. The average molecular weight is 305 g/mol. The highest BCUT2D eigenvalue weighted by molar-refractivity contribution is 7.99. The highest BCUT2D eigenvalue weighted by Crippen LogP contribution is 2.33. The lowest BCUT2D eigenvalue weighted by Gasteiger charge is -2.20. The van der Waals surface area contributed by atoms with Crippen LogP contribution in [0.3, 0.4) is 0 Å². The molecule has 1 N–H and O–H groups in total. The van der Waals surface area contributed by atoms with Crippen molar-refractivity contribution in [2.75, 3.05) is 18.2 Å². The molecular formula is C17H20FNOS. The van der Waals surface area contributed by atoms with Gasteiger partial charge in [-0.2, -0.15) is 0 Å². The third-order valence-corrected chi connectivity index (χ3v) is 4.18. The van der Waals surface area contributed by atoms with E-state index < -0.39 is 0 Å². The van der Waals surface area contributed by atoms with Gasteiger partial charge < -0.3 is 10.1 Å². The average Bonchev–Trinajstić information content (AvgIpc) is 2.49. The van der Waals surface area contributed by atoms with Crippen molar-refractivity contribution < 1.29 is 9.13 Å². The van der Waals surface area contributed by atoms with Crippen molar-refractivity contribution in [3.8, 4) is 5.75 Å². The molecule has 0 aliphatic rings. The minimum absolute atomic E-state index is 0.181. The zero-order valence-corrected chi connectivity index (χ0v) is 13.3. The molecule has 2 aromatic rings. The topological polar surface area (TPSA) is 21.3 Å². The second-order valence-electron chi connectivity index (χ2n) is 4.65. The Morgan fingerprint density at radius 1 is 1.19 bits per heavy atom. The van der Waals surface area contributed by atoms with E-state index in [1.54, 1.807) is 31.0 Å². The number of hydrogen-bond acceptors (Lipinski definition) is 3. The van der Waals surface area contributed by atoms with Crippen molar-refractivity contribution in [2.24, 2.45) is 0 Å². The van der Waals surface area contributed by atoms with Crippen LogP contribution >= 0.6 is 11.8 Å². The molecule has 21 heavy (non-hydrogen) atoms. The molecule has 0 amide bonds. The van der Waals surface area contributed by atoms with Crippen LogP contribution in [0.2, 0.25) is 0 Å². The molecule has 0 aliphatic carbocycles. The van der Waals surface area contributed by atoms with Crippen LogP contribution in [0.5, 0.6) is 5.75 Å². The van der Waals surface area contributed by atoms with E-state index in [2.05, 4.69) is 18.3 Å². The molecule has 0 aromatic heterocycles. The molecule has 2 aromatic carbocycles. The minimum atomic E-state index is -0.255. The van der Waals surface area contributed by atoms with Gasteiger partial charge in [0.2, 0.25) is 0 Å². The maximum atomic E-state index is 14.1. The molecule has 0 heterocycles. The number of benzene rings is 2. The molecule has 1 atom stereocenters. The summed E-state index contributed by atoms with van der Waals surface area (Å²) in [5, 5.41) is 3.39. The molecule has 0 radical (unpaired) electrons. The van der Waals surface area contributed by atoms with Crippen LogP contribution < -0.4 is 10.1 Å². The second-order valence-corrected chi connectivity index (χ2v) is 5.96. The molecule has 2 nitrogen and oxygen atoms in total. The molecule has 0 fully saturated rings. The van der Waals surface area contributed by atoms with E-state index in [-0.39, 0.29) is 11.9 Å². The molecule has 0 saturated heterocycles. The number of nitrogens with one attached hydrogen (secondary N) is 1. The van der Waals surface area contributed by atoms with Gasteiger partial charge in [-0.25, -0.2) is 4.39 Å². The number of para-hydroxylation sites is 1. The maximum Gasteiger partial charge on any atom is 0.132 e. The van der Waals surface area contributed by atoms with Crippen LogP contribution in [0.1, 0.15) is 25.5 Å². The lowest BCUT2D eigenvalue weighted by atomic mass is 10.1. The van der Waals surface area contributed by atoms with Crippen molar-refractivity contribution in [1.29, 1.82) is 0 Å². The third kappa shape index (κ3) is 3.70. The van der Waals surface area contributed by atoms with Gasteiger partial charge in [-0.3, -0.25) is 0 Å². The molecule has 0 spiro atoms. The lowest BCUT2D eigenvalue weighted by molar-refractivity contribution is 0.402. The Morgan fingerprint density at radius 2 is 1.95 bits per heavy atom. The van der Waals surface area contributed by atoms with Gasteiger partial charge in [0.15, 0.2) is 0 Å². The Bertz CT molecular complexity index is 603. The van der Waals surface area contributed by atoms with Gasteiger partial charge in [0, 0.05) is 10.6 Å². The van der Waals surface area contributed by atoms with Crippen LogP contribution in [0.15, 0.2) is 47.4 Å². The van der Waals surface area contributed by atoms with Gasteiger partial charge in [-0.15, -0.1) is 11.8 Å². The van der Waals surface area contributed by atoms with E-state index >= 15 is 0 Å². The fraction of sp³-hybridized carbons (Fsp3) is 0.294. The maximum absolute atomic E-state index is 14.1. The van der Waals surface area contributed by atoms with E-state index in [0.29, 0.717) is 11.3 Å². The molecular weight excluding hydrogens is 285 g/mol. The fourth-order valence-electron chi connectivity index (χ4n) is 2.29. The Balaban J connectivity index is 2.28. The molecule has 4 heteroatoms. The summed E-state index contributed by atoms with van der Waals surface area (Å²) in [5.41, 5.74) is 1.57. The van der Waals surface area contributed by atoms with Gasteiger partial charge in [-0.1, -0.05) is 25.1 Å². The predicted molar refractivity (Wildman–Crippen MR) is 87.8 cm³/mol. The number of anilines is 1. The minimum Gasteiger partial charge on any atom is -0.496 e. The largest absolute Gasteiger partial charge is 0.496 e. The standard InChI is InChI=1S/C17H20FNOS/c1-4-21-16-11-6-5-9-14(16)19-12(2)17-13(18)8-7-10-15(17)20-3/h5-12,19H,4H2,1-3H3. The summed E-state index contributed by atoms with van der Waals surface area (Å²) in [6, 6.07) is 12.8. The van der Waals surface area contributed by atoms with Crippen molar-refractivity contribution >= 4 is 17.4 Å². The number of ether oxygens (including phenoxy) is 1. The van der Waals surface area contributed by atoms with Crippen molar-refractivity contribution in [2.45, 2.75) is 24.8 Å². The van der Waals surface area contributed by atoms with Crippen molar-refractivity contribution in [3.63, 3.8) is 0 Å². The summed E-state index contributed by atoms with van der Waals surface area (Å²) in [4.78, 5) is 1.17. The lowest BCUT2D eigenvalue weighted by Crippen LogP contribution is -2.11. The van der Waals surface area contributed by atoms with Gasteiger partial charge in [0.05, 0.1) is 18.7 Å². The van der Waals surface area contributed by atoms with Crippen molar-refractivity contribution in [1.82, 2.24) is 0 Å². The van der Waals surface area contributed by atoms with Crippen LogP contribution in [0.4, 0.5) is 10.1 Å². The molecule has 0 bridgehead atoms. The van der Waals surface area contributed by atoms with Gasteiger partial charge in [0.25, 0.3) is 0 Å². The highest BCUT2D eigenvalue weighted by Gasteiger charge is 2.17. The first-order chi connectivity index (χ1) is 10.2. The van der Waals surface area contributed by atoms with Crippen LogP contribution in [-0.2, 0) is 0 Å². The van der Waals surface area contributed by atoms with E-state index in [1.165, 1.54) is 11.0 Å². The van der Waals surface area contributed by atoms with E-state index in [9.17, 15) is 4.39 Å². The van der Waals surface area contributed by atoms with Crippen molar-refractivity contribution in [3.05, 3.63) is 53.8 Å². The van der Waals surface area contributed by atoms with Gasteiger partial charge in [-0.05, 0) is 36.9 Å². The van der Waals surface area contributed by atoms with Gasteiger partial charge in [0.1, 0.15) is 11.6 Å². The first-order valence-electron chi connectivity index (χ1n) is 6.98. The zero-order chi connectivity index (χ0) is 15.2. The Hall–Kier alpha value is -1.68. The molecule has 1 unspecified atom stereocenters. The Morgan fingerprint density at radius 3 is 2.67 bits per heavy atom. The zero-order valence-electron chi connectivity index (χ0n) is 12.5. The number of thioether (sulfide) groups is 1. The van der Waals surface area contributed by atoms with Gasteiger partial charge >= 0.3 is 0 Å². The van der Waals surface area contributed by atoms with E-state index in [1.807, 2.05) is 25.1 Å². The van der Waals surface area contributed by atoms with E-state index in [0.717, 1.165) is 11.4 Å². The number of rotatable bonds is 6. The summed E-state index contributed by atoms with van der Waals surface area (Å²) >= 11 is 1.77. The fourth-order valence-corrected chi connectivity index (χ4v) is 3.06.